The van der Waals surface area contributed by atoms with Crippen molar-refractivity contribution in [3.05, 3.63) is 0 Å². The number of rotatable bonds is 8. The predicted octanol–water partition coefficient (Wildman–Crippen LogP) is 1.66. The van der Waals surface area contributed by atoms with Gasteiger partial charge in [0.2, 0.25) is 5.91 Å². The molecule has 0 bridgehead atoms. The molecule has 0 aliphatic heterocycles. The van der Waals surface area contributed by atoms with Crippen LogP contribution in [-0.4, -0.2) is 44.4 Å². The number of ether oxygens (including phenoxy) is 2. The lowest BCUT2D eigenvalue weighted by molar-refractivity contribution is -0.138. The summed E-state index contributed by atoms with van der Waals surface area (Å²) in [4.78, 5) is 20.6. The highest BCUT2D eigenvalue weighted by atomic mass is 16.5. The molecule has 0 spiro atoms. The first kappa shape index (κ1) is 28.0. The van der Waals surface area contributed by atoms with Crippen molar-refractivity contribution in [1.82, 2.24) is 5.43 Å². The first-order chi connectivity index (χ1) is 8.87. The molecule has 0 rings (SSSR count). The minimum absolute atomic E-state index is 0. The summed E-state index contributed by atoms with van der Waals surface area (Å²) in [6, 6.07) is 0. The van der Waals surface area contributed by atoms with Crippen LogP contribution >= 0.6 is 0 Å². The molecule has 0 aliphatic rings. The molecule has 130 valence electrons. The van der Waals surface area contributed by atoms with Crippen molar-refractivity contribution in [3.8, 4) is 0 Å². The van der Waals surface area contributed by atoms with Crippen LogP contribution in [0.3, 0.4) is 0 Å². The molecule has 21 heavy (non-hydrogen) atoms. The van der Waals surface area contributed by atoms with E-state index < -0.39 is 5.97 Å². The lowest BCUT2D eigenvalue weighted by Crippen LogP contribution is -2.31. The van der Waals surface area contributed by atoms with E-state index in [1.807, 2.05) is 13.8 Å². The molecule has 2 unspecified atom stereocenters. The van der Waals surface area contributed by atoms with Crippen LogP contribution in [0.15, 0.2) is 0 Å². The number of carboxylic acids is 1. The van der Waals surface area contributed by atoms with E-state index in [1.165, 1.54) is 0 Å². The molecule has 0 heterocycles. The minimum atomic E-state index is -0.764. The monoisotopic (exact) mass is 310 g/mol. The van der Waals surface area contributed by atoms with E-state index >= 15 is 0 Å². The summed E-state index contributed by atoms with van der Waals surface area (Å²) in [5, 5.41) is 8.25. The van der Waals surface area contributed by atoms with Gasteiger partial charge in [0.1, 0.15) is 0 Å². The van der Waals surface area contributed by atoms with Gasteiger partial charge in [-0.15, -0.1) is 0 Å². The van der Waals surface area contributed by atoms with Gasteiger partial charge in [0.25, 0.3) is 0 Å². The molecule has 0 aromatic carbocycles. The Morgan fingerprint density at radius 2 is 1.43 bits per heavy atom. The second-order valence-corrected chi connectivity index (χ2v) is 4.49. The van der Waals surface area contributed by atoms with Crippen LogP contribution in [0.1, 0.15) is 41.5 Å². The zero-order chi connectivity index (χ0) is 15.3. The molecule has 0 aliphatic carbocycles. The average molecular weight is 310 g/mol. The van der Waals surface area contributed by atoms with E-state index in [9.17, 15) is 9.59 Å². The van der Waals surface area contributed by atoms with Crippen molar-refractivity contribution in [2.45, 2.75) is 41.5 Å². The highest BCUT2D eigenvalue weighted by Gasteiger charge is 2.06. The number of methoxy groups -OCH3 is 2. The molecule has 2 atom stereocenters. The quantitative estimate of drug-likeness (QED) is 0.357. The van der Waals surface area contributed by atoms with Gasteiger partial charge in [-0.25, -0.2) is 5.84 Å². The molecule has 0 aromatic rings. The topological polar surface area (TPSA) is 111 Å². The molecule has 4 N–H and O–H groups in total. The Morgan fingerprint density at radius 1 is 1.05 bits per heavy atom. The molecule has 0 radical (unpaired) electrons. The van der Waals surface area contributed by atoms with Crippen molar-refractivity contribution < 1.29 is 24.2 Å². The van der Waals surface area contributed by atoms with Crippen molar-refractivity contribution in [3.63, 3.8) is 0 Å². The van der Waals surface area contributed by atoms with Gasteiger partial charge in [-0.05, 0) is 11.8 Å². The van der Waals surface area contributed by atoms with Crippen molar-refractivity contribution in [2.24, 2.45) is 17.7 Å². The summed E-state index contributed by atoms with van der Waals surface area (Å²) in [6.45, 7) is 4.88. The van der Waals surface area contributed by atoms with E-state index in [2.05, 4.69) is 5.43 Å². The summed E-state index contributed by atoms with van der Waals surface area (Å²) in [7, 11) is 3.18. The normalized spacial score (nSPS) is 11.7. The number of hydrazine groups is 1. The molecular weight excluding hydrogens is 276 g/mol. The third-order valence-electron chi connectivity index (χ3n) is 2.12. The van der Waals surface area contributed by atoms with Gasteiger partial charge in [0.05, 0.1) is 6.42 Å². The van der Waals surface area contributed by atoms with Gasteiger partial charge in [0.15, 0.2) is 0 Å². The van der Waals surface area contributed by atoms with Gasteiger partial charge in [-0.1, -0.05) is 28.7 Å². The zero-order valence-corrected chi connectivity index (χ0v) is 12.1. The molecule has 0 saturated heterocycles. The van der Waals surface area contributed by atoms with E-state index in [1.54, 1.807) is 14.2 Å². The van der Waals surface area contributed by atoms with Gasteiger partial charge in [-0.3, -0.25) is 15.0 Å². The van der Waals surface area contributed by atoms with Crippen LogP contribution in [0.25, 0.3) is 0 Å². The predicted molar refractivity (Wildman–Crippen MR) is 84.7 cm³/mol. The summed E-state index contributed by atoms with van der Waals surface area (Å²) < 4.78 is 9.57. The SMILES string of the molecule is C.C.COCC(C)CC(=O)NN.COCC(C)CC(=O)O. The van der Waals surface area contributed by atoms with Crippen LogP contribution < -0.4 is 11.3 Å². The number of amides is 1. The van der Waals surface area contributed by atoms with E-state index in [-0.39, 0.29) is 39.0 Å². The van der Waals surface area contributed by atoms with E-state index in [0.29, 0.717) is 19.6 Å². The van der Waals surface area contributed by atoms with Crippen LogP contribution in [0.2, 0.25) is 0 Å². The van der Waals surface area contributed by atoms with Crippen molar-refractivity contribution >= 4 is 11.9 Å². The molecule has 0 aromatic heterocycles. The Labute approximate surface area is 129 Å². The first-order valence-corrected chi connectivity index (χ1v) is 6.06. The van der Waals surface area contributed by atoms with Gasteiger partial charge in [-0.2, -0.15) is 0 Å². The minimum Gasteiger partial charge on any atom is -0.481 e. The number of aliphatic carboxylic acids is 1. The Morgan fingerprint density at radius 3 is 1.71 bits per heavy atom. The van der Waals surface area contributed by atoms with Crippen molar-refractivity contribution in [1.29, 1.82) is 0 Å². The summed E-state index contributed by atoms with van der Waals surface area (Å²) in [6.07, 6.45) is 0.609. The number of hydrogen-bond acceptors (Lipinski definition) is 5. The van der Waals surface area contributed by atoms with E-state index in [0.717, 1.165) is 0 Å². The maximum atomic E-state index is 10.6. The highest BCUT2D eigenvalue weighted by Crippen LogP contribution is 2.00. The maximum Gasteiger partial charge on any atom is 0.303 e. The summed E-state index contributed by atoms with van der Waals surface area (Å²) in [5.74, 6) is 4.31. The Balaban J connectivity index is -0.000000126. The summed E-state index contributed by atoms with van der Waals surface area (Å²) in [5.41, 5.74) is 2.06. The highest BCUT2D eigenvalue weighted by molar-refractivity contribution is 5.75. The largest absolute Gasteiger partial charge is 0.481 e. The number of carbonyl (C=O) groups excluding carboxylic acids is 1. The smallest absolute Gasteiger partial charge is 0.303 e. The lowest BCUT2D eigenvalue weighted by atomic mass is 10.1. The number of carbonyl (C=O) groups is 2. The fraction of sp³-hybridized carbons (Fsp3) is 0.857. The van der Waals surface area contributed by atoms with Gasteiger partial charge >= 0.3 is 5.97 Å². The molecular formula is C14H34N2O5. The number of nitrogens with one attached hydrogen (secondary N) is 1. The average Bonchev–Trinajstić information content (AvgIpc) is 2.29. The maximum absolute atomic E-state index is 10.6. The number of hydrogen-bond donors (Lipinski definition) is 3. The van der Waals surface area contributed by atoms with Gasteiger partial charge in [0, 0.05) is 33.9 Å². The molecule has 1 amide bonds. The Hall–Kier alpha value is -1.18. The van der Waals surface area contributed by atoms with Crippen LogP contribution in [0.5, 0.6) is 0 Å². The fourth-order valence-electron chi connectivity index (χ4n) is 1.36. The molecule has 0 saturated carbocycles. The zero-order valence-electron chi connectivity index (χ0n) is 12.1. The first-order valence-electron chi connectivity index (χ1n) is 6.06. The lowest BCUT2D eigenvalue weighted by Gasteiger charge is -2.07. The fourth-order valence-corrected chi connectivity index (χ4v) is 1.36. The second kappa shape index (κ2) is 18.8. The van der Waals surface area contributed by atoms with Crippen LogP contribution in [0.4, 0.5) is 0 Å². The Kier molecular flexibility index (Phi) is 25.1. The number of carboxylic acid groups (broad SMARTS) is 1. The summed E-state index contributed by atoms with van der Waals surface area (Å²) >= 11 is 0. The Bertz CT molecular complexity index is 250. The molecule has 7 nitrogen and oxygen atoms in total. The molecule has 0 fully saturated rings. The number of nitrogens with two attached hydrogens (primary N) is 1. The third-order valence-corrected chi connectivity index (χ3v) is 2.12. The van der Waals surface area contributed by atoms with Gasteiger partial charge < -0.3 is 14.6 Å². The van der Waals surface area contributed by atoms with Crippen LogP contribution in [-0.2, 0) is 19.1 Å². The van der Waals surface area contributed by atoms with Crippen molar-refractivity contribution in [2.75, 3.05) is 27.4 Å². The second-order valence-electron chi connectivity index (χ2n) is 4.49. The standard InChI is InChI=1S/C6H14N2O2.C6H12O3.2CH4/c1-5(4-10-2)3-6(9)8-7;1-5(4-9-2)3-6(7)8;;/h5H,3-4,7H2,1-2H3,(H,8,9);5H,3-4H2,1-2H3,(H,7,8);2*1H4. The van der Waals surface area contributed by atoms with E-state index in [4.69, 9.17) is 20.4 Å². The molecule has 7 heteroatoms. The third kappa shape index (κ3) is 24.2. The van der Waals surface area contributed by atoms with Crippen LogP contribution in [0, 0.1) is 11.8 Å².